The van der Waals surface area contributed by atoms with Gasteiger partial charge in [0.2, 0.25) is 0 Å². The highest BCUT2D eigenvalue weighted by atomic mass is 15.0. The Balaban J connectivity index is 1.27. The summed E-state index contributed by atoms with van der Waals surface area (Å²) in [7, 11) is 0. The van der Waals surface area contributed by atoms with Crippen LogP contribution in [0.15, 0.2) is 158 Å². The Hall–Kier alpha value is -5.66. The Kier molecular flexibility index (Phi) is 6.14. The first-order valence-corrected chi connectivity index (χ1v) is 16.5. The summed E-state index contributed by atoms with van der Waals surface area (Å²) in [5.74, 6) is 0. The molecule has 0 fully saturated rings. The van der Waals surface area contributed by atoms with Crippen LogP contribution >= 0.6 is 0 Å². The van der Waals surface area contributed by atoms with E-state index in [0.29, 0.717) is 0 Å². The van der Waals surface area contributed by atoms with Crippen molar-refractivity contribution in [3.05, 3.63) is 158 Å². The molecule has 1 aromatic heterocycles. The van der Waals surface area contributed by atoms with Gasteiger partial charge in [0.05, 0.1) is 0 Å². The van der Waals surface area contributed by atoms with Crippen molar-refractivity contribution in [1.29, 1.82) is 0 Å². The number of fused-ring (bicyclic) bond motifs is 6. The average molecular weight is 602 g/mol. The van der Waals surface area contributed by atoms with Gasteiger partial charge in [0.25, 0.3) is 0 Å². The third-order valence-electron chi connectivity index (χ3n) is 9.84. The third-order valence-corrected chi connectivity index (χ3v) is 9.84. The van der Waals surface area contributed by atoms with E-state index >= 15 is 0 Å². The molecule has 0 saturated carbocycles. The van der Waals surface area contributed by atoms with Gasteiger partial charge in [-0.3, -0.25) is 0 Å². The maximum atomic E-state index is 2.49. The smallest absolute Gasteiger partial charge is 0.0496 e. The van der Waals surface area contributed by atoms with Crippen molar-refractivity contribution in [1.82, 2.24) is 4.57 Å². The molecule has 0 aliphatic rings. The summed E-state index contributed by atoms with van der Waals surface area (Å²) in [5.41, 5.74) is 10.1. The number of hydrogen-bond donors (Lipinski definition) is 0. The Bertz CT molecular complexity index is 2580. The number of aromatic nitrogens is 1. The molecule has 0 aliphatic carbocycles. The molecular weight excluding hydrogens is 567 g/mol. The van der Waals surface area contributed by atoms with Crippen molar-refractivity contribution in [2.45, 2.75) is 26.3 Å². The summed E-state index contributed by atoms with van der Waals surface area (Å²) in [6, 6.07) is 58.2. The number of para-hydroxylation sites is 1. The minimum Gasteiger partial charge on any atom is -0.335 e. The van der Waals surface area contributed by atoms with Gasteiger partial charge in [-0.25, -0.2) is 0 Å². The molecule has 224 valence electrons. The van der Waals surface area contributed by atoms with E-state index in [2.05, 4.69) is 183 Å². The zero-order valence-electron chi connectivity index (χ0n) is 27.0. The van der Waals surface area contributed by atoms with Gasteiger partial charge < -0.3 is 4.57 Å². The molecule has 47 heavy (non-hydrogen) atoms. The normalized spacial score (nSPS) is 12.1. The van der Waals surface area contributed by atoms with Gasteiger partial charge in [0.15, 0.2) is 0 Å². The Morgan fingerprint density at radius 3 is 1.47 bits per heavy atom. The highest BCUT2D eigenvalue weighted by Gasteiger charge is 2.22. The van der Waals surface area contributed by atoms with Crippen molar-refractivity contribution >= 4 is 54.1 Å². The fourth-order valence-electron chi connectivity index (χ4n) is 7.90. The number of benzene rings is 8. The van der Waals surface area contributed by atoms with Crippen LogP contribution in [0.2, 0.25) is 0 Å². The molecule has 1 heteroatoms. The molecule has 8 aromatic carbocycles. The maximum Gasteiger partial charge on any atom is 0.0496 e. The van der Waals surface area contributed by atoms with E-state index in [-0.39, 0.29) is 5.54 Å². The molecule has 0 bridgehead atoms. The van der Waals surface area contributed by atoms with Crippen molar-refractivity contribution in [3.63, 3.8) is 0 Å². The SMILES string of the molecule is CC(C)(C)n1c2ccccc2c2cc(-c3c4ccccc4c(-c4ccc(-c5cccc6ccccc56)cc4)c4ccccc34)ccc21. The first-order chi connectivity index (χ1) is 23.0. The van der Waals surface area contributed by atoms with Gasteiger partial charge in [0.1, 0.15) is 0 Å². The molecule has 9 aromatic rings. The summed E-state index contributed by atoms with van der Waals surface area (Å²) < 4.78 is 2.49. The molecule has 1 heterocycles. The van der Waals surface area contributed by atoms with Crippen molar-refractivity contribution < 1.29 is 0 Å². The minimum absolute atomic E-state index is 0.0347. The minimum atomic E-state index is -0.0347. The molecule has 0 spiro atoms. The van der Waals surface area contributed by atoms with Crippen LogP contribution in [-0.4, -0.2) is 4.57 Å². The first kappa shape index (κ1) is 27.6. The van der Waals surface area contributed by atoms with Crippen LogP contribution in [0.4, 0.5) is 0 Å². The van der Waals surface area contributed by atoms with Crippen molar-refractivity contribution in [2.75, 3.05) is 0 Å². The number of hydrogen-bond acceptors (Lipinski definition) is 0. The van der Waals surface area contributed by atoms with E-state index in [0.717, 1.165) is 0 Å². The summed E-state index contributed by atoms with van der Waals surface area (Å²) in [6.45, 7) is 6.88. The molecule has 0 radical (unpaired) electrons. The summed E-state index contributed by atoms with van der Waals surface area (Å²) >= 11 is 0. The summed E-state index contributed by atoms with van der Waals surface area (Å²) in [4.78, 5) is 0. The van der Waals surface area contributed by atoms with Crippen LogP contribution in [0.5, 0.6) is 0 Å². The zero-order chi connectivity index (χ0) is 31.7. The van der Waals surface area contributed by atoms with Crippen LogP contribution in [0.3, 0.4) is 0 Å². The average Bonchev–Trinajstić information content (AvgIpc) is 3.45. The topological polar surface area (TPSA) is 4.93 Å². The van der Waals surface area contributed by atoms with Gasteiger partial charge >= 0.3 is 0 Å². The second-order valence-corrected chi connectivity index (χ2v) is 13.7. The summed E-state index contributed by atoms with van der Waals surface area (Å²) in [6.07, 6.45) is 0. The van der Waals surface area contributed by atoms with Gasteiger partial charge in [-0.05, 0) is 105 Å². The lowest BCUT2D eigenvalue weighted by Gasteiger charge is -2.24. The Labute approximate surface area is 275 Å². The van der Waals surface area contributed by atoms with Gasteiger partial charge in [0, 0.05) is 27.3 Å². The molecule has 0 unspecified atom stereocenters. The lowest BCUT2D eigenvalue weighted by atomic mass is 9.85. The molecule has 0 aliphatic heterocycles. The standard InChI is InChI=1S/C46H35N/c1-46(2,3)47-42-22-11-10-16-36(42)41-29-33(27-28-43(41)47)45-39-19-8-6-17-37(39)44(38-18-7-9-20-40(38)45)32-25-23-31(24-26-32)35-21-12-14-30-13-4-5-15-34(30)35/h4-29H,1-3H3. The van der Waals surface area contributed by atoms with E-state index in [1.165, 1.54) is 87.5 Å². The van der Waals surface area contributed by atoms with Crippen LogP contribution in [-0.2, 0) is 5.54 Å². The number of rotatable bonds is 3. The van der Waals surface area contributed by atoms with Crippen LogP contribution in [0.25, 0.3) is 87.5 Å². The van der Waals surface area contributed by atoms with E-state index in [1.54, 1.807) is 0 Å². The molecule has 0 atom stereocenters. The van der Waals surface area contributed by atoms with Gasteiger partial charge in [-0.15, -0.1) is 0 Å². The molecular formula is C46H35N. The van der Waals surface area contributed by atoms with E-state index in [4.69, 9.17) is 0 Å². The lowest BCUT2D eigenvalue weighted by molar-refractivity contribution is 0.423. The summed E-state index contributed by atoms with van der Waals surface area (Å²) in [5, 5.41) is 10.3. The highest BCUT2D eigenvalue weighted by molar-refractivity contribution is 6.22. The maximum absolute atomic E-state index is 2.49. The van der Waals surface area contributed by atoms with Crippen LogP contribution < -0.4 is 0 Å². The van der Waals surface area contributed by atoms with Gasteiger partial charge in [-0.1, -0.05) is 140 Å². The van der Waals surface area contributed by atoms with Crippen molar-refractivity contribution in [3.8, 4) is 33.4 Å². The predicted molar refractivity (Wildman–Crippen MR) is 203 cm³/mol. The zero-order valence-corrected chi connectivity index (χ0v) is 27.0. The molecule has 1 nitrogen and oxygen atoms in total. The third kappa shape index (κ3) is 4.31. The quantitative estimate of drug-likeness (QED) is 0.178. The largest absolute Gasteiger partial charge is 0.335 e. The fourth-order valence-corrected chi connectivity index (χ4v) is 7.90. The van der Waals surface area contributed by atoms with Crippen molar-refractivity contribution in [2.24, 2.45) is 0 Å². The second-order valence-electron chi connectivity index (χ2n) is 13.7. The predicted octanol–water partition coefficient (Wildman–Crippen LogP) is 13.0. The van der Waals surface area contributed by atoms with E-state index in [1.807, 2.05) is 0 Å². The van der Waals surface area contributed by atoms with Gasteiger partial charge in [-0.2, -0.15) is 0 Å². The highest BCUT2D eigenvalue weighted by Crippen LogP contribution is 2.45. The van der Waals surface area contributed by atoms with Crippen LogP contribution in [0, 0.1) is 0 Å². The lowest BCUT2D eigenvalue weighted by Crippen LogP contribution is -2.21. The molecule has 0 saturated heterocycles. The fraction of sp³-hybridized carbons (Fsp3) is 0.0870. The van der Waals surface area contributed by atoms with E-state index in [9.17, 15) is 0 Å². The monoisotopic (exact) mass is 601 g/mol. The Morgan fingerprint density at radius 2 is 0.830 bits per heavy atom. The van der Waals surface area contributed by atoms with Crippen LogP contribution in [0.1, 0.15) is 20.8 Å². The first-order valence-electron chi connectivity index (χ1n) is 16.5. The molecule has 0 N–H and O–H groups in total. The van der Waals surface area contributed by atoms with E-state index < -0.39 is 0 Å². The second kappa shape index (κ2) is 10.4. The molecule has 9 rings (SSSR count). The number of nitrogens with zero attached hydrogens (tertiary/aromatic N) is 1. The molecule has 0 amide bonds. The Morgan fingerprint density at radius 1 is 0.362 bits per heavy atom.